The Morgan fingerprint density at radius 3 is 1.19 bits per heavy atom. The summed E-state index contributed by atoms with van der Waals surface area (Å²) >= 11 is -0.472. The average molecular weight is 514 g/mol. The first-order valence-electron chi connectivity index (χ1n) is 3.28. The van der Waals surface area contributed by atoms with E-state index in [0.29, 0.717) is 13.3 Å². The molecule has 104 valence electrons. The number of alkyl halides is 6. The molecule has 1 nitrogen and oxygen atoms in total. The fourth-order valence-corrected chi connectivity index (χ4v) is 3.11. The van der Waals surface area contributed by atoms with Gasteiger partial charge in [0.15, 0.2) is 0 Å². The molecule has 0 saturated carbocycles. The van der Waals surface area contributed by atoms with Gasteiger partial charge in [-0.15, -0.1) is 26.3 Å². The van der Waals surface area contributed by atoms with Crippen molar-refractivity contribution in [2.24, 2.45) is 0 Å². The normalized spacial score (nSPS) is 16.4. The Kier molecular flexibility index (Phi) is 10.9. The zero-order valence-corrected chi connectivity index (χ0v) is 13.5. The Balaban J connectivity index is 0. The van der Waals surface area contributed by atoms with Crippen LogP contribution in [-0.2, 0) is 20.8 Å². The molecule has 0 saturated heterocycles. The Labute approximate surface area is 107 Å². The summed E-state index contributed by atoms with van der Waals surface area (Å²) in [6.07, 6.45) is 0. The van der Waals surface area contributed by atoms with E-state index in [1.807, 2.05) is 0 Å². The van der Waals surface area contributed by atoms with E-state index in [1.54, 1.807) is 0 Å². The summed E-state index contributed by atoms with van der Waals surface area (Å²) in [5.74, 6) is -9.27. The van der Waals surface area contributed by atoms with E-state index in [0.717, 1.165) is 0 Å². The molecular formula is C4H8Cl2F6OP2Pt+2. The molecule has 0 amide bonds. The van der Waals surface area contributed by atoms with Crippen LogP contribution in [0.1, 0.15) is 0 Å². The maximum absolute atomic E-state index is 11.8. The molecule has 0 aromatic carbocycles. The van der Waals surface area contributed by atoms with E-state index < -0.39 is 44.6 Å². The van der Waals surface area contributed by atoms with E-state index in [9.17, 15) is 26.3 Å². The molecule has 0 bridgehead atoms. The molecule has 0 N–H and O–H groups in total. The third-order valence-electron chi connectivity index (χ3n) is 1.10. The SMILES string of the molecule is C[PH+](O[PH+](C)C(F)(F)F)C(F)(F)F.[Cl][Pt][Cl]. The van der Waals surface area contributed by atoms with Crippen LogP contribution in [0, 0.1) is 0 Å². The molecule has 0 heterocycles. The Hall–Kier alpha value is 1.67. The van der Waals surface area contributed by atoms with Gasteiger partial charge in [-0.05, 0) is 0 Å². The third kappa shape index (κ3) is 10.8. The van der Waals surface area contributed by atoms with Crippen LogP contribution in [0.5, 0.6) is 0 Å². The van der Waals surface area contributed by atoms with Gasteiger partial charge in [0.2, 0.25) is 0 Å². The van der Waals surface area contributed by atoms with Crippen LogP contribution in [-0.4, -0.2) is 25.2 Å². The molecule has 16 heavy (non-hydrogen) atoms. The van der Waals surface area contributed by atoms with E-state index in [1.165, 1.54) is 0 Å². The second kappa shape index (κ2) is 8.72. The quantitative estimate of drug-likeness (QED) is 0.375. The first-order valence-corrected chi connectivity index (χ1v) is 12.7. The van der Waals surface area contributed by atoms with E-state index in [4.69, 9.17) is 18.8 Å². The van der Waals surface area contributed by atoms with Crippen LogP contribution in [0.15, 0.2) is 0 Å². The van der Waals surface area contributed by atoms with E-state index >= 15 is 0 Å². The van der Waals surface area contributed by atoms with Gasteiger partial charge in [-0.1, -0.05) is 4.31 Å². The van der Waals surface area contributed by atoms with Crippen LogP contribution in [0.25, 0.3) is 0 Å². The topological polar surface area (TPSA) is 9.23 Å². The molecule has 0 aromatic rings. The molecule has 0 spiro atoms. The van der Waals surface area contributed by atoms with Crippen molar-refractivity contribution in [1.82, 2.24) is 0 Å². The second-order valence-electron chi connectivity index (χ2n) is 2.26. The van der Waals surface area contributed by atoms with Gasteiger partial charge in [0, 0.05) is 0 Å². The van der Waals surface area contributed by atoms with Crippen molar-refractivity contribution in [3.8, 4) is 0 Å². The van der Waals surface area contributed by atoms with Crippen molar-refractivity contribution in [1.29, 1.82) is 0 Å². The Morgan fingerprint density at radius 2 is 1.06 bits per heavy atom. The van der Waals surface area contributed by atoms with Crippen LogP contribution in [0.2, 0.25) is 0 Å². The molecule has 0 aromatic heterocycles. The van der Waals surface area contributed by atoms with Crippen molar-refractivity contribution in [2.75, 3.05) is 13.3 Å². The van der Waals surface area contributed by atoms with E-state index in [-0.39, 0.29) is 0 Å². The predicted octanol–water partition coefficient (Wildman–Crippen LogP) is 4.94. The summed E-state index contributed by atoms with van der Waals surface area (Å²) < 4.78 is 74.5. The molecule has 12 heteroatoms. The van der Waals surface area contributed by atoms with Gasteiger partial charge in [-0.2, -0.15) is 0 Å². The molecule has 2 unspecified atom stereocenters. The molecule has 0 aliphatic heterocycles. The zero-order chi connectivity index (χ0) is 13.6. The first-order chi connectivity index (χ1) is 6.96. The van der Waals surface area contributed by atoms with Crippen molar-refractivity contribution >= 4 is 35.1 Å². The molecular weight excluding hydrogens is 506 g/mol. The van der Waals surface area contributed by atoms with E-state index in [2.05, 4.69) is 4.31 Å². The average Bonchev–Trinajstić information content (AvgIpc) is 2.01. The predicted molar refractivity (Wildman–Crippen MR) is 53.4 cm³/mol. The van der Waals surface area contributed by atoms with Crippen LogP contribution < -0.4 is 0 Å². The van der Waals surface area contributed by atoms with Gasteiger partial charge in [0.05, 0.1) is 13.3 Å². The monoisotopic (exact) mass is 513 g/mol. The Bertz CT molecular complexity index is 172. The van der Waals surface area contributed by atoms with Crippen molar-refractivity contribution in [3.63, 3.8) is 0 Å². The number of halogens is 8. The van der Waals surface area contributed by atoms with Crippen molar-refractivity contribution < 1.29 is 47.1 Å². The molecule has 0 rings (SSSR count). The summed E-state index contributed by atoms with van der Waals surface area (Å²) in [5, 5.41) is 0. The Morgan fingerprint density at radius 1 is 0.875 bits per heavy atom. The summed E-state index contributed by atoms with van der Waals surface area (Å²) in [4.78, 5) is 0. The number of hydrogen-bond donors (Lipinski definition) is 0. The fraction of sp³-hybridized carbons (Fsp3) is 1.00. The maximum atomic E-state index is 11.8. The van der Waals surface area contributed by atoms with Crippen LogP contribution in [0.3, 0.4) is 0 Å². The summed E-state index contributed by atoms with van der Waals surface area (Å²) in [5.41, 5.74) is 0. The van der Waals surface area contributed by atoms with Crippen LogP contribution in [0.4, 0.5) is 26.3 Å². The number of rotatable bonds is 2. The van der Waals surface area contributed by atoms with Gasteiger partial charge in [-0.3, -0.25) is 0 Å². The molecule has 2 atom stereocenters. The summed E-state index contributed by atoms with van der Waals surface area (Å²) in [6.45, 7) is 1.31. The van der Waals surface area contributed by atoms with Crippen LogP contribution >= 0.6 is 35.1 Å². The van der Waals surface area contributed by atoms with Crippen molar-refractivity contribution in [3.05, 3.63) is 0 Å². The molecule has 0 fully saturated rings. The summed E-state index contributed by atoms with van der Waals surface area (Å²) in [6, 6.07) is 0. The third-order valence-corrected chi connectivity index (χ3v) is 5.15. The van der Waals surface area contributed by atoms with Gasteiger partial charge in [-0.25, -0.2) is 0 Å². The van der Waals surface area contributed by atoms with Gasteiger partial charge in [0.25, 0.3) is 16.3 Å². The van der Waals surface area contributed by atoms with Gasteiger partial charge >= 0.3 is 47.2 Å². The number of hydrogen-bond acceptors (Lipinski definition) is 1. The summed E-state index contributed by atoms with van der Waals surface area (Å²) in [7, 11) is 3.03. The standard InChI is InChI=1S/C4H6F6OP2.2ClH.Pt/c1-12(3(5,6)7)11-13(2)4(8,9)10;;;/h1-2H3;2*1H;/q;;;+2. The van der Waals surface area contributed by atoms with Gasteiger partial charge in [0.1, 0.15) is 0 Å². The zero-order valence-electron chi connectivity index (χ0n) is 7.75. The molecule has 0 radical (unpaired) electrons. The minimum atomic E-state index is -4.64. The second-order valence-corrected chi connectivity index (χ2v) is 9.71. The minimum absolute atomic E-state index is 0.472. The molecule has 0 aliphatic rings. The van der Waals surface area contributed by atoms with Crippen molar-refractivity contribution in [2.45, 2.75) is 11.8 Å². The first kappa shape index (κ1) is 20.0. The molecule has 0 aliphatic carbocycles. The van der Waals surface area contributed by atoms with Gasteiger partial charge < -0.3 is 0 Å². The fourth-order valence-electron chi connectivity index (χ4n) is 0.345.